The molecule has 11 atom stereocenters. The third-order valence-electron chi connectivity index (χ3n) is 17.9. The highest BCUT2D eigenvalue weighted by Gasteiger charge is 2.72. The van der Waals surface area contributed by atoms with Gasteiger partial charge in [-0.15, -0.1) is 0 Å². The van der Waals surface area contributed by atoms with Gasteiger partial charge in [0.05, 0.1) is 12.5 Å². The van der Waals surface area contributed by atoms with Crippen molar-refractivity contribution < 1.29 is 28.7 Å². The maximum Gasteiger partial charge on any atom is 0.328 e. The standard InChI is InChI=1S/C50H84N2O6/c1-33(2)32-38(44(55)57-11)52-42(54)20-18-16-14-12-13-15-17-19-31-51-45(56)50-28-23-36(34(3)4)43(50)37-21-22-40-47(8)26-25-41(58-35(5)53)46(6,7)39(47)24-27-49(40,10)48(37,9)29-30-50/h33,36-41,43H,3,12-32H2,1-2,4-11H3,(H,51,56)(H,52,54)/t36-,37+,38-,39-,40+,41-,43+,47-,48+,49+,50-/m0/s1. The minimum Gasteiger partial charge on any atom is -0.467 e. The van der Waals surface area contributed by atoms with Crippen LogP contribution < -0.4 is 10.6 Å². The molecule has 58 heavy (non-hydrogen) atoms. The molecule has 0 unspecified atom stereocenters. The van der Waals surface area contributed by atoms with Crippen LogP contribution in [0.5, 0.6) is 0 Å². The van der Waals surface area contributed by atoms with Crippen molar-refractivity contribution >= 4 is 23.8 Å². The van der Waals surface area contributed by atoms with Gasteiger partial charge in [0.2, 0.25) is 11.8 Å². The van der Waals surface area contributed by atoms with Crippen molar-refractivity contribution in [1.29, 1.82) is 0 Å². The quantitative estimate of drug-likeness (QED) is 0.0810. The van der Waals surface area contributed by atoms with Crippen molar-refractivity contribution in [2.75, 3.05) is 13.7 Å². The second-order valence-electron chi connectivity index (χ2n) is 21.9. The van der Waals surface area contributed by atoms with Gasteiger partial charge in [-0.3, -0.25) is 14.4 Å². The first-order valence-corrected chi connectivity index (χ1v) is 23.8. The zero-order valence-corrected chi connectivity index (χ0v) is 38.6. The summed E-state index contributed by atoms with van der Waals surface area (Å²) in [4.78, 5) is 51.1. The van der Waals surface area contributed by atoms with E-state index in [9.17, 15) is 19.2 Å². The third kappa shape index (κ3) is 8.97. The van der Waals surface area contributed by atoms with Gasteiger partial charge in [0.15, 0.2) is 0 Å². The van der Waals surface area contributed by atoms with E-state index in [1.807, 2.05) is 13.8 Å². The molecule has 0 aromatic heterocycles. The smallest absolute Gasteiger partial charge is 0.328 e. The van der Waals surface area contributed by atoms with Gasteiger partial charge >= 0.3 is 11.9 Å². The van der Waals surface area contributed by atoms with Crippen molar-refractivity contribution in [2.24, 2.45) is 62.6 Å². The van der Waals surface area contributed by atoms with E-state index in [0.717, 1.165) is 83.6 Å². The van der Waals surface area contributed by atoms with Crippen LogP contribution in [0.15, 0.2) is 12.2 Å². The van der Waals surface area contributed by atoms with E-state index in [1.54, 1.807) is 6.92 Å². The summed E-state index contributed by atoms with van der Waals surface area (Å²) >= 11 is 0. The fourth-order valence-electron chi connectivity index (χ4n) is 14.9. The van der Waals surface area contributed by atoms with Gasteiger partial charge in [-0.05, 0) is 142 Å². The number of methoxy groups -OCH3 is 1. The summed E-state index contributed by atoms with van der Waals surface area (Å²) in [6, 6.07) is -0.563. The van der Waals surface area contributed by atoms with Gasteiger partial charge in [0.1, 0.15) is 12.1 Å². The van der Waals surface area contributed by atoms with E-state index in [1.165, 1.54) is 51.2 Å². The highest BCUT2D eigenvalue weighted by molar-refractivity contribution is 5.84. The van der Waals surface area contributed by atoms with Crippen LogP contribution in [0, 0.1) is 62.6 Å². The Bertz CT molecular complexity index is 1490. The number of carbonyl (C=O) groups is 4. The maximum absolute atomic E-state index is 14.5. The summed E-state index contributed by atoms with van der Waals surface area (Å²) in [7, 11) is 1.37. The molecule has 0 heterocycles. The van der Waals surface area contributed by atoms with Crippen LogP contribution in [0.25, 0.3) is 0 Å². The molecule has 0 bridgehead atoms. The van der Waals surface area contributed by atoms with Gasteiger partial charge < -0.3 is 20.1 Å². The van der Waals surface area contributed by atoms with Gasteiger partial charge in [0, 0.05) is 25.3 Å². The van der Waals surface area contributed by atoms with E-state index < -0.39 is 6.04 Å². The third-order valence-corrected chi connectivity index (χ3v) is 17.9. The first-order chi connectivity index (χ1) is 27.3. The zero-order chi connectivity index (χ0) is 42.7. The number of amides is 2. The molecule has 2 amide bonds. The van der Waals surface area contributed by atoms with E-state index in [0.29, 0.717) is 54.3 Å². The summed E-state index contributed by atoms with van der Waals surface area (Å²) in [6.07, 6.45) is 20.8. The number of allylic oxidation sites excluding steroid dienone is 1. The van der Waals surface area contributed by atoms with Crippen molar-refractivity contribution in [1.82, 2.24) is 10.6 Å². The van der Waals surface area contributed by atoms with Crippen LogP contribution in [0.2, 0.25) is 0 Å². The number of carbonyl (C=O) groups excluding carboxylic acids is 4. The van der Waals surface area contributed by atoms with E-state index >= 15 is 0 Å². The monoisotopic (exact) mass is 809 g/mol. The summed E-state index contributed by atoms with van der Waals surface area (Å²) in [5.74, 6) is 2.50. The molecule has 5 saturated carbocycles. The number of hydrogen-bond donors (Lipinski definition) is 2. The van der Waals surface area contributed by atoms with Gasteiger partial charge in [-0.2, -0.15) is 0 Å². The number of esters is 2. The summed E-state index contributed by atoms with van der Waals surface area (Å²) < 4.78 is 10.8. The number of hydrogen-bond acceptors (Lipinski definition) is 6. The highest BCUT2D eigenvalue weighted by atomic mass is 16.5. The lowest BCUT2D eigenvalue weighted by Crippen LogP contribution is -2.67. The highest BCUT2D eigenvalue weighted by Crippen LogP contribution is 2.77. The first-order valence-electron chi connectivity index (χ1n) is 23.8. The molecular formula is C50H84N2O6. The minimum atomic E-state index is -0.563. The lowest BCUT2D eigenvalue weighted by atomic mass is 9.32. The van der Waals surface area contributed by atoms with Crippen LogP contribution in [0.1, 0.15) is 191 Å². The maximum atomic E-state index is 14.5. The molecule has 0 spiro atoms. The molecule has 0 aromatic rings. The lowest BCUT2D eigenvalue weighted by Gasteiger charge is -2.72. The number of rotatable bonds is 18. The fraction of sp³-hybridized carbons (Fsp3) is 0.880. The van der Waals surface area contributed by atoms with Crippen molar-refractivity contribution in [3.63, 3.8) is 0 Å². The van der Waals surface area contributed by atoms with Crippen molar-refractivity contribution in [3.05, 3.63) is 12.2 Å². The van der Waals surface area contributed by atoms with E-state index in [-0.39, 0.29) is 51.0 Å². The molecule has 330 valence electrons. The molecule has 0 aliphatic heterocycles. The Labute approximate surface area is 353 Å². The summed E-state index contributed by atoms with van der Waals surface area (Å²) in [5, 5.41) is 6.37. The normalized spacial score (nSPS) is 36.7. The Morgan fingerprint density at radius 2 is 1.40 bits per heavy atom. The van der Waals surface area contributed by atoms with E-state index in [4.69, 9.17) is 9.47 Å². The first kappa shape index (κ1) is 46.7. The molecule has 2 N–H and O–H groups in total. The van der Waals surface area contributed by atoms with Crippen molar-refractivity contribution in [2.45, 2.75) is 203 Å². The van der Waals surface area contributed by atoms with Gasteiger partial charge in [0.25, 0.3) is 0 Å². The molecule has 5 fully saturated rings. The molecule has 0 saturated heterocycles. The molecule has 0 radical (unpaired) electrons. The Morgan fingerprint density at radius 3 is 2.02 bits per heavy atom. The fourth-order valence-corrected chi connectivity index (χ4v) is 14.9. The molecule has 5 aliphatic rings. The zero-order valence-electron chi connectivity index (χ0n) is 38.6. The predicted octanol–water partition coefficient (Wildman–Crippen LogP) is 10.9. The Hall–Kier alpha value is -2.38. The second kappa shape index (κ2) is 18.7. The van der Waals surface area contributed by atoms with Crippen LogP contribution in [0.3, 0.4) is 0 Å². The predicted molar refractivity (Wildman–Crippen MR) is 232 cm³/mol. The molecule has 0 aromatic carbocycles. The topological polar surface area (TPSA) is 111 Å². The summed E-state index contributed by atoms with van der Waals surface area (Å²) in [5.41, 5.74) is 1.57. The van der Waals surface area contributed by atoms with Gasteiger partial charge in [-0.1, -0.05) is 99.1 Å². The van der Waals surface area contributed by atoms with E-state index in [2.05, 4.69) is 58.8 Å². The number of unbranched alkanes of at least 4 members (excludes halogenated alkanes) is 7. The molecule has 8 heteroatoms. The SMILES string of the molecule is C=C(C)[C@@H]1CC[C@]2(C(=O)NCCCCCCCCCCC(=O)N[C@@H](CC(C)C)C(=O)OC)CC[C@]3(C)[C@H](CC[C@@H]4[C@@]5(C)CC[C@H](OC(C)=O)C(C)(C)[C@@H]5CC[C@]43C)[C@@H]12. The van der Waals surface area contributed by atoms with Gasteiger partial charge in [-0.25, -0.2) is 4.79 Å². The molecule has 8 nitrogen and oxygen atoms in total. The van der Waals surface area contributed by atoms with Crippen LogP contribution >= 0.6 is 0 Å². The Morgan fingerprint density at radius 1 is 0.741 bits per heavy atom. The van der Waals surface area contributed by atoms with Crippen LogP contribution in [0.4, 0.5) is 0 Å². The molecule has 5 aliphatic carbocycles. The van der Waals surface area contributed by atoms with Crippen LogP contribution in [-0.4, -0.2) is 49.6 Å². The lowest BCUT2D eigenvalue weighted by molar-refractivity contribution is -0.248. The average Bonchev–Trinajstić information content (AvgIpc) is 3.56. The molecule has 5 rings (SSSR count). The van der Waals surface area contributed by atoms with Crippen molar-refractivity contribution in [3.8, 4) is 0 Å². The number of ether oxygens (including phenoxy) is 2. The summed E-state index contributed by atoms with van der Waals surface area (Å²) in [6.45, 7) is 25.8. The average molecular weight is 809 g/mol. The second-order valence-corrected chi connectivity index (χ2v) is 21.9. The minimum absolute atomic E-state index is 0.00348. The Balaban J connectivity index is 1.11. The molecular weight excluding hydrogens is 725 g/mol. The largest absolute Gasteiger partial charge is 0.467 e. The Kier molecular flexibility index (Phi) is 15.1. The van der Waals surface area contributed by atoms with Crippen LogP contribution in [-0.2, 0) is 28.7 Å². The number of fused-ring (bicyclic) bond motifs is 7. The number of nitrogens with one attached hydrogen (secondary N) is 2.